The first kappa shape index (κ1) is 23.0. The Morgan fingerprint density at radius 1 is 0.714 bits per heavy atom. The summed E-state index contributed by atoms with van der Waals surface area (Å²) < 4.78 is 0. The third-order valence-corrected chi connectivity index (χ3v) is 4.16. The van der Waals surface area contributed by atoms with Gasteiger partial charge in [-0.15, -0.1) is 12.4 Å². The molecular weight excluding hydrogens is 284 g/mol. The van der Waals surface area contributed by atoms with Crippen LogP contribution in [-0.4, -0.2) is 11.1 Å². The van der Waals surface area contributed by atoms with E-state index in [1.54, 1.807) is 0 Å². The summed E-state index contributed by atoms with van der Waals surface area (Å²) in [6.07, 6.45) is 16.8. The smallest absolute Gasteiger partial charge is 0.306 e. The molecule has 0 amide bonds. The van der Waals surface area contributed by atoms with E-state index in [2.05, 4.69) is 13.8 Å². The molecule has 0 radical (unpaired) electrons. The van der Waals surface area contributed by atoms with Crippen molar-refractivity contribution in [2.45, 2.75) is 104 Å². The normalized spacial score (nSPS) is 11.9. The van der Waals surface area contributed by atoms with Crippen molar-refractivity contribution in [3.63, 3.8) is 0 Å². The number of halogens is 1. The van der Waals surface area contributed by atoms with Crippen molar-refractivity contribution in [3.8, 4) is 0 Å². The van der Waals surface area contributed by atoms with Gasteiger partial charge < -0.3 is 5.11 Å². The van der Waals surface area contributed by atoms with E-state index in [0.29, 0.717) is 0 Å². The highest BCUT2D eigenvalue weighted by atomic mass is 35.5. The lowest BCUT2D eigenvalue weighted by Gasteiger charge is -2.12. The zero-order chi connectivity index (χ0) is 15.1. The van der Waals surface area contributed by atoms with Crippen molar-refractivity contribution in [3.05, 3.63) is 0 Å². The van der Waals surface area contributed by atoms with Gasteiger partial charge in [-0.25, -0.2) is 0 Å². The fourth-order valence-corrected chi connectivity index (χ4v) is 2.73. The molecule has 0 aromatic carbocycles. The van der Waals surface area contributed by atoms with Crippen LogP contribution in [0.3, 0.4) is 0 Å². The lowest BCUT2D eigenvalue weighted by molar-refractivity contribution is -0.142. The number of rotatable bonds is 15. The SMILES string of the molecule is CCCCCCCCCC(CCCCCCC)C(=O)O.Cl. The first-order valence-electron chi connectivity index (χ1n) is 8.95. The molecule has 0 bridgehead atoms. The molecule has 0 rings (SSSR count). The Hall–Kier alpha value is -0.240. The van der Waals surface area contributed by atoms with Gasteiger partial charge >= 0.3 is 5.97 Å². The Labute approximate surface area is 138 Å². The molecule has 21 heavy (non-hydrogen) atoms. The van der Waals surface area contributed by atoms with E-state index < -0.39 is 5.97 Å². The Morgan fingerprint density at radius 2 is 1.05 bits per heavy atom. The van der Waals surface area contributed by atoms with Crippen molar-refractivity contribution < 1.29 is 9.90 Å². The number of aliphatic carboxylic acids is 1. The number of hydrogen-bond acceptors (Lipinski definition) is 1. The molecule has 1 N–H and O–H groups in total. The van der Waals surface area contributed by atoms with Gasteiger partial charge in [0.15, 0.2) is 0 Å². The molecular formula is C18H37ClO2. The van der Waals surface area contributed by atoms with Crippen LogP contribution in [-0.2, 0) is 4.79 Å². The maximum atomic E-state index is 11.2. The lowest BCUT2D eigenvalue weighted by Crippen LogP contribution is -2.13. The maximum Gasteiger partial charge on any atom is 0.306 e. The zero-order valence-electron chi connectivity index (χ0n) is 14.2. The summed E-state index contributed by atoms with van der Waals surface area (Å²) in [6.45, 7) is 4.44. The fourth-order valence-electron chi connectivity index (χ4n) is 2.73. The highest BCUT2D eigenvalue weighted by Gasteiger charge is 2.16. The van der Waals surface area contributed by atoms with Crippen LogP contribution in [0, 0.1) is 5.92 Å². The van der Waals surface area contributed by atoms with Crippen LogP contribution in [0.15, 0.2) is 0 Å². The second-order valence-corrected chi connectivity index (χ2v) is 6.15. The fraction of sp³-hybridized carbons (Fsp3) is 0.944. The van der Waals surface area contributed by atoms with Gasteiger partial charge in [0.05, 0.1) is 5.92 Å². The van der Waals surface area contributed by atoms with Gasteiger partial charge in [0, 0.05) is 0 Å². The minimum absolute atomic E-state index is 0. The summed E-state index contributed by atoms with van der Waals surface area (Å²) in [7, 11) is 0. The second-order valence-electron chi connectivity index (χ2n) is 6.15. The Kier molecular flexibility index (Phi) is 19.5. The monoisotopic (exact) mass is 320 g/mol. The summed E-state index contributed by atoms with van der Waals surface area (Å²) >= 11 is 0. The van der Waals surface area contributed by atoms with Gasteiger partial charge in [0.25, 0.3) is 0 Å². The van der Waals surface area contributed by atoms with Crippen LogP contribution in [0.4, 0.5) is 0 Å². The standard InChI is InChI=1S/C18H36O2.ClH/c1-3-5-7-9-10-12-14-16-17(18(19)20)15-13-11-8-6-4-2;/h17H,3-16H2,1-2H3,(H,19,20);1H. The molecule has 0 aromatic rings. The van der Waals surface area contributed by atoms with E-state index in [1.165, 1.54) is 64.2 Å². The summed E-state index contributed by atoms with van der Waals surface area (Å²) in [6, 6.07) is 0. The first-order chi connectivity index (χ1) is 9.72. The van der Waals surface area contributed by atoms with E-state index >= 15 is 0 Å². The molecule has 2 nitrogen and oxygen atoms in total. The Balaban J connectivity index is 0. The van der Waals surface area contributed by atoms with Crippen molar-refractivity contribution in [2.24, 2.45) is 5.92 Å². The lowest BCUT2D eigenvalue weighted by atomic mass is 9.94. The molecule has 0 aliphatic rings. The van der Waals surface area contributed by atoms with Crippen molar-refractivity contribution in [1.29, 1.82) is 0 Å². The molecule has 0 fully saturated rings. The van der Waals surface area contributed by atoms with Gasteiger partial charge in [0.2, 0.25) is 0 Å². The van der Waals surface area contributed by atoms with Crippen LogP contribution in [0.1, 0.15) is 104 Å². The largest absolute Gasteiger partial charge is 0.481 e. The molecule has 1 unspecified atom stereocenters. The summed E-state index contributed by atoms with van der Waals surface area (Å²) in [4.78, 5) is 11.2. The minimum Gasteiger partial charge on any atom is -0.481 e. The molecule has 0 spiro atoms. The number of carboxylic acids is 1. The van der Waals surface area contributed by atoms with Crippen LogP contribution in [0.5, 0.6) is 0 Å². The topological polar surface area (TPSA) is 37.3 Å². The Morgan fingerprint density at radius 3 is 1.38 bits per heavy atom. The van der Waals surface area contributed by atoms with Crippen LogP contribution >= 0.6 is 12.4 Å². The quantitative estimate of drug-likeness (QED) is 0.345. The molecule has 0 aliphatic heterocycles. The number of unbranched alkanes of at least 4 members (excludes halogenated alkanes) is 10. The molecule has 0 saturated carbocycles. The Bertz CT molecular complexity index is 219. The summed E-state index contributed by atoms with van der Waals surface area (Å²) in [5.41, 5.74) is 0. The predicted octanol–water partition coefficient (Wildman–Crippen LogP) is 6.61. The van der Waals surface area contributed by atoms with E-state index in [-0.39, 0.29) is 18.3 Å². The molecule has 0 aromatic heterocycles. The van der Waals surface area contributed by atoms with Crippen molar-refractivity contribution in [1.82, 2.24) is 0 Å². The number of carboxylic acid groups (broad SMARTS) is 1. The van der Waals surface area contributed by atoms with Crippen LogP contribution in [0.2, 0.25) is 0 Å². The van der Waals surface area contributed by atoms with Crippen molar-refractivity contribution >= 4 is 18.4 Å². The molecule has 3 heteroatoms. The van der Waals surface area contributed by atoms with E-state index in [0.717, 1.165) is 25.7 Å². The first-order valence-corrected chi connectivity index (χ1v) is 8.95. The van der Waals surface area contributed by atoms with Gasteiger partial charge in [-0.3, -0.25) is 4.79 Å². The van der Waals surface area contributed by atoms with Crippen LogP contribution in [0.25, 0.3) is 0 Å². The van der Waals surface area contributed by atoms with Crippen molar-refractivity contribution in [2.75, 3.05) is 0 Å². The third-order valence-electron chi connectivity index (χ3n) is 4.16. The van der Waals surface area contributed by atoms with E-state index in [4.69, 9.17) is 0 Å². The molecule has 128 valence electrons. The summed E-state index contributed by atoms with van der Waals surface area (Å²) in [5, 5.41) is 9.25. The second kappa shape index (κ2) is 17.8. The predicted molar refractivity (Wildman–Crippen MR) is 94.4 cm³/mol. The van der Waals surface area contributed by atoms with Gasteiger partial charge in [-0.1, -0.05) is 90.9 Å². The highest BCUT2D eigenvalue weighted by molar-refractivity contribution is 5.85. The average molecular weight is 321 g/mol. The van der Waals surface area contributed by atoms with E-state index in [1.807, 2.05) is 0 Å². The summed E-state index contributed by atoms with van der Waals surface area (Å²) in [5.74, 6) is -0.668. The van der Waals surface area contributed by atoms with Gasteiger partial charge in [-0.05, 0) is 12.8 Å². The van der Waals surface area contributed by atoms with Crippen LogP contribution < -0.4 is 0 Å². The molecule has 0 saturated heterocycles. The molecule has 1 atom stereocenters. The molecule has 0 heterocycles. The number of carbonyl (C=O) groups is 1. The van der Waals surface area contributed by atoms with Gasteiger partial charge in [-0.2, -0.15) is 0 Å². The third kappa shape index (κ3) is 16.0. The van der Waals surface area contributed by atoms with Gasteiger partial charge in [0.1, 0.15) is 0 Å². The highest BCUT2D eigenvalue weighted by Crippen LogP contribution is 2.19. The zero-order valence-corrected chi connectivity index (χ0v) is 15.1. The average Bonchev–Trinajstić information content (AvgIpc) is 2.43. The number of hydrogen-bond donors (Lipinski definition) is 1. The van der Waals surface area contributed by atoms with E-state index in [9.17, 15) is 9.90 Å². The minimum atomic E-state index is -0.577. The molecule has 0 aliphatic carbocycles. The maximum absolute atomic E-state index is 11.2.